The number of ether oxygens (including phenoxy) is 1. The Bertz CT molecular complexity index is 3140. The third-order valence-electron chi connectivity index (χ3n) is 15.3. The van der Waals surface area contributed by atoms with Crippen LogP contribution in [0.2, 0.25) is 0 Å². The number of thiazole rings is 1. The van der Waals surface area contributed by atoms with Crippen molar-refractivity contribution in [3.8, 4) is 5.75 Å². The molecule has 1 unspecified atom stereocenters. The SMILES string of the molecule is Cn1nc(C2CCC(=O)NC2=O)c2ccc(N3CCC(CCN4CCC(Cc5ccc(OCc6ccc(N7CCc8cccc(C(=O)Nc9nc%10ccccc%10s9)c8C7)nc6C(=O)O)cc5)CC4)CC3)cc21. The van der Waals surface area contributed by atoms with E-state index in [2.05, 4.69) is 60.7 Å². The van der Waals surface area contributed by atoms with Gasteiger partial charge in [-0.2, -0.15) is 5.10 Å². The van der Waals surface area contributed by atoms with E-state index in [1.807, 2.05) is 77.3 Å². The van der Waals surface area contributed by atoms with Gasteiger partial charge in [0.2, 0.25) is 11.8 Å². The number of aromatic nitrogens is 4. The monoisotopic (exact) mass is 985 g/mol. The normalized spacial score (nSPS) is 18.1. The number of imide groups is 1. The molecule has 4 aromatic carbocycles. The fraction of sp³-hybridized carbons (Fsp3) is 0.375. The molecule has 3 aromatic heterocycles. The van der Waals surface area contributed by atoms with Gasteiger partial charge in [0.25, 0.3) is 5.91 Å². The number of hydrogen-bond acceptors (Lipinski definition) is 12. The van der Waals surface area contributed by atoms with Crippen LogP contribution in [0.15, 0.2) is 97.1 Å². The first-order chi connectivity index (χ1) is 35.1. The molecule has 0 radical (unpaired) electrons. The molecule has 0 aliphatic carbocycles. The predicted octanol–water partition coefficient (Wildman–Crippen LogP) is 8.75. The highest BCUT2D eigenvalue weighted by Crippen LogP contribution is 2.35. The fourth-order valence-electron chi connectivity index (χ4n) is 11.2. The minimum absolute atomic E-state index is 0.0470. The van der Waals surface area contributed by atoms with Gasteiger partial charge in [0.05, 0.1) is 27.3 Å². The molecule has 0 spiro atoms. The summed E-state index contributed by atoms with van der Waals surface area (Å²) in [6, 6.07) is 31.8. The van der Waals surface area contributed by atoms with E-state index in [-0.39, 0.29) is 30.0 Å². The summed E-state index contributed by atoms with van der Waals surface area (Å²) < 4.78 is 9.00. The molecule has 3 saturated heterocycles. The van der Waals surface area contributed by atoms with Crippen LogP contribution in [0.4, 0.5) is 16.6 Å². The summed E-state index contributed by atoms with van der Waals surface area (Å²) in [5.74, 6) is 0.367. The Kier molecular flexibility index (Phi) is 13.4. The maximum Gasteiger partial charge on any atom is 0.354 e. The van der Waals surface area contributed by atoms with Crippen molar-refractivity contribution in [2.75, 3.05) is 54.4 Å². The maximum atomic E-state index is 13.6. The van der Waals surface area contributed by atoms with Crippen LogP contribution in [-0.4, -0.2) is 92.7 Å². The molecular weight excluding hydrogens is 927 g/mol. The Labute approximate surface area is 422 Å². The van der Waals surface area contributed by atoms with Crippen LogP contribution in [0.5, 0.6) is 5.75 Å². The number of carboxylic acids is 1. The molecule has 0 bridgehead atoms. The van der Waals surface area contributed by atoms with E-state index in [0.29, 0.717) is 66.1 Å². The van der Waals surface area contributed by atoms with Gasteiger partial charge in [-0.15, -0.1) is 0 Å². The van der Waals surface area contributed by atoms with Gasteiger partial charge in [0, 0.05) is 61.8 Å². The Hall–Kier alpha value is -7.17. The van der Waals surface area contributed by atoms with Gasteiger partial charge < -0.3 is 24.5 Å². The van der Waals surface area contributed by atoms with Crippen LogP contribution >= 0.6 is 11.3 Å². The maximum absolute atomic E-state index is 13.6. The zero-order valence-corrected chi connectivity index (χ0v) is 41.3. The highest BCUT2D eigenvalue weighted by Gasteiger charge is 2.32. The summed E-state index contributed by atoms with van der Waals surface area (Å²) in [6.45, 7) is 6.59. The van der Waals surface area contributed by atoms with E-state index in [1.54, 1.807) is 6.07 Å². The largest absolute Gasteiger partial charge is 0.489 e. The second kappa shape index (κ2) is 20.5. The summed E-state index contributed by atoms with van der Waals surface area (Å²) in [7, 11) is 1.93. The number of carbonyl (C=O) groups is 4. The van der Waals surface area contributed by atoms with Crippen molar-refractivity contribution in [1.82, 2.24) is 30.0 Å². The number of para-hydroxylation sites is 1. The number of nitrogens with zero attached hydrogens (tertiary/aromatic N) is 7. The van der Waals surface area contributed by atoms with Crippen molar-refractivity contribution >= 4 is 72.8 Å². The highest BCUT2D eigenvalue weighted by atomic mass is 32.1. The summed E-state index contributed by atoms with van der Waals surface area (Å²) in [4.78, 5) is 66.8. The van der Waals surface area contributed by atoms with E-state index in [0.717, 1.165) is 83.0 Å². The minimum Gasteiger partial charge on any atom is -0.489 e. The van der Waals surface area contributed by atoms with Crippen molar-refractivity contribution in [3.05, 3.63) is 136 Å². The zero-order chi connectivity index (χ0) is 49.3. The lowest BCUT2D eigenvalue weighted by atomic mass is 9.89. The van der Waals surface area contributed by atoms with Gasteiger partial charge in [-0.3, -0.25) is 29.7 Å². The number of piperidine rings is 3. The van der Waals surface area contributed by atoms with Crippen LogP contribution in [0.1, 0.15) is 99.7 Å². The van der Waals surface area contributed by atoms with Crippen molar-refractivity contribution in [3.63, 3.8) is 0 Å². The van der Waals surface area contributed by atoms with Crippen molar-refractivity contribution < 1.29 is 29.0 Å². The molecule has 3 fully saturated rings. The topological polar surface area (TPSA) is 175 Å². The van der Waals surface area contributed by atoms with Gasteiger partial charge >= 0.3 is 5.97 Å². The van der Waals surface area contributed by atoms with Gasteiger partial charge in [-0.1, -0.05) is 47.7 Å². The highest BCUT2D eigenvalue weighted by molar-refractivity contribution is 7.22. The van der Waals surface area contributed by atoms with Crippen LogP contribution < -0.4 is 25.2 Å². The molecule has 1 atom stereocenters. The smallest absolute Gasteiger partial charge is 0.354 e. The number of aryl methyl sites for hydroxylation is 1. The number of anilines is 3. The van der Waals surface area contributed by atoms with Crippen LogP contribution in [0.3, 0.4) is 0 Å². The number of fused-ring (bicyclic) bond motifs is 3. The summed E-state index contributed by atoms with van der Waals surface area (Å²) in [5.41, 5.74) is 8.07. The first-order valence-electron chi connectivity index (χ1n) is 25.3. The third-order valence-corrected chi connectivity index (χ3v) is 16.3. The van der Waals surface area contributed by atoms with Gasteiger partial charge in [-0.05, 0) is 160 Å². The number of amides is 3. The number of rotatable bonds is 14. The molecule has 7 aromatic rings. The number of pyridine rings is 1. The Morgan fingerprint density at radius 2 is 1.64 bits per heavy atom. The first-order valence-corrected chi connectivity index (χ1v) is 26.2. The van der Waals surface area contributed by atoms with E-state index in [9.17, 15) is 24.3 Å². The lowest BCUT2D eigenvalue weighted by Gasteiger charge is -2.36. The lowest BCUT2D eigenvalue weighted by Crippen LogP contribution is -2.39. The molecule has 15 nitrogen and oxygen atoms in total. The van der Waals surface area contributed by atoms with Crippen molar-refractivity contribution in [1.29, 1.82) is 0 Å². The number of nitrogens with one attached hydrogen (secondary N) is 2. The molecule has 0 saturated carbocycles. The number of hydrogen-bond donors (Lipinski definition) is 3. The second-order valence-corrected chi connectivity index (χ2v) is 20.9. The van der Waals surface area contributed by atoms with Crippen LogP contribution in [0, 0.1) is 11.8 Å². The minimum atomic E-state index is -1.12. The third kappa shape index (κ3) is 10.2. The molecule has 11 rings (SSSR count). The Balaban J connectivity index is 0.622. The average Bonchev–Trinajstić information content (AvgIpc) is 3.97. The standard InChI is InChI=1S/C56H59N9O6S/c1-62-47-32-40(12-15-43(47)52(61-62)44-16-18-50(66)59-54(44)68)64-28-22-35(23-29-64)19-25-63-26-20-37(21-27-63)31-36-9-13-41(14-10-36)71-34-39-11-17-49(58-51(39)55(69)70)65-30-24-38-5-4-6-42(45(38)33-65)53(67)60-56-57-46-7-2-3-8-48(46)72-56/h2-15,17,32,35,37,44H,16,18-31,33-34H2,1H3,(H,69,70)(H,57,60,67)(H,59,66,68). The van der Waals surface area contributed by atoms with Gasteiger partial charge in [0.15, 0.2) is 10.8 Å². The van der Waals surface area contributed by atoms with E-state index < -0.39 is 11.9 Å². The molecule has 72 heavy (non-hydrogen) atoms. The van der Waals surface area contributed by atoms with Crippen molar-refractivity contribution in [2.24, 2.45) is 18.9 Å². The van der Waals surface area contributed by atoms with E-state index >= 15 is 0 Å². The fourth-order valence-corrected chi connectivity index (χ4v) is 12.1. The first kappa shape index (κ1) is 47.2. The van der Waals surface area contributed by atoms with E-state index in [4.69, 9.17) is 9.84 Å². The number of aromatic carboxylic acids is 1. The average molecular weight is 986 g/mol. The molecule has 4 aliphatic rings. The second-order valence-electron chi connectivity index (χ2n) is 19.9. The number of carbonyl (C=O) groups excluding carboxylic acids is 3. The quantitative estimate of drug-likeness (QED) is 0.0886. The van der Waals surface area contributed by atoms with Crippen LogP contribution in [-0.2, 0) is 42.6 Å². The number of benzene rings is 4. The lowest BCUT2D eigenvalue weighted by molar-refractivity contribution is -0.134. The summed E-state index contributed by atoms with van der Waals surface area (Å²) >= 11 is 1.44. The van der Waals surface area contributed by atoms with Crippen molar-refractivity contribution in [2.45, 2.75) is 76.9 Å². The Morgan fingerprint density at radius 1 is 0.833 bits per heavy atom. The molecule has 3 amide bonds. The van der Waals surface area contributed by atoms with Gasteiger partial charge in [-0.25, -0.2) is 14.8 Å². The Morgan fingerprint density at radius 3 is 2.43 bits per heavy atom. The van der Waals surface area contributed by atoms with Gasteiger partial charge in [0.1, 0.15) is 18.2 Å². The predicted molar refractivity (Wildman–Crippen MR) is 279 cm³/mol. The number of likely N-dealkylation sites (tertiary alicyclic amines) is 1. The molecule has 7 heterocycles. The summed E-state index contributed by atoms with van der Waals surface area (Å²) in [5, 5.41) is 22.0. The number of carboxylic acid groups (broad SMARTS) is 1. The van der Waals surface area contributed by atoms with E-state index in [1.165, 1.54) is 54.7 Å². The molecule has 16 heteroatoms. The molecular formula is C56H59N9O6S. The molecule has 3 N–H and O–H groups in total. The molecule has 370 valence electrons. The molecule has 4 aliphatic heterocycles. The zero-order valence-electron chi connectivity index (χ0n) is 40.5. The summed E-state index contributed by atoms with van der Waals surface area (Å²) in [6.07, 6.45) is 8.51. The van der Waals surface area contributed by atoms with Crippen LogP contribution in [0.25, 0.3) is 21.1 Å².